The second kappa shape index (κ2) is 41.6. The number of para-hydroxylation sites is 4. The van der Waals surface area contributed by atoms with E-state index in [1.54, 1.807) is 47.9 Å². The Balaban J connectivity index is 0.000000149. The van der Waals surface area contributed by atoms with Crippen molar-refractivity contribution in [2.75, 3.05) is 68.3 Å². The highest BCUT2D eigenvalue weighted by atomic mass is 79.9. The van der Waals surface area contributed by atoms with Crippen molar-refractivity contribution >= 4 is 102 Å². The lowest BCUT2D eigenvalue weighted by molar-refractivity contribution is 0.0309. The fourth-order valence-corrected chi connectivity index (χ4v) is 14.8. The molecule has 2 fully saturated rings. The maximum absolute atomic E-state index is 10.6. The van der Waals surface area contributed by atoms with E-state index in [1.165, 1.54) is 33.0 Å². The van der Waals surface area contributed by atoms with Crippen LogP contribution >= 0.6 is 48.9 Å². The molecular formula is C90H94BrCl3N8O7S. The van der Waals surface area contributed by atoms with Gasteiger partial charge in [0.2, 0.25) is 9.23 Å². The Kier molecular flexibility index (Phi) is 31.5. The van der Waals surface area contributed by atoms with Crippen molar-refractivity contribution in [3.63, 3.8) is 0 Å². The van der Waals surface area contributed by atoms with Gasteiger partial charge < -0.3 is 34.1 Å². The van der Waals surface area contributed by atoms with Crippen LogP contribution in [-0.2, 0) is 9.23 Å². The summed E-state index contributed by atoms with van der Waals surface area (Å²) in [6, 6.07) is 82.9. The van der Waals surface area contributed by atoms with E-state index >= 15 is 0 Å². The number of fused-ring (bicyclic) bond motifs is 4. The van der Waals surface area contributed by atoms with Crippen molar-refractivity contribution in [3.05, 3.63) is 329 Å². The highest BCUT2D eigenvalue weighted by Crippen LogP contribution is 2.41. The van der Waals surface area contributed by atoms with Crippen molar-refractivity contribution < 1.29 is 33.0 Å². The lowest BCUT2D eigenvalue weighted by Gasteiger charge is -2.47. The fourth-order valence-electron chi connectivity index (χ4n) is 14.1. The minimum Gasteiger partial charge on any atom is -0.497 e. The van der Waals surface area contributed by atoms with Crippen LogP contribution in [0, 0.1) is 0 Å². The monoisotopic (exact) mass is 1610 g/mol. The largest absolute Gasteiger partial charge is 0.497 e. The summed E-state index contributed by atoms with van der Waals surface area (Å²) in [5.74, 6) is 4.21. The number of pyridine rings is 4. The Morgan fingerprint density at radius 2 is 0.818 bits per heavy atom. The number of hydrogen-bond donors (Lipinski definition) is 2. The zero-order chi connectivity index (χ0) is 78.1. The number of ether oxygens (including phenoxy) is 5. The van der Waals surface area contributed by atoms with E-state index in [0.29, 0.717) is 24.2 Å². The molecule has 6 heterocycles. The molecule has 0 spiro atoms. The van der Waals surface area contributed by atoms with E-state index in [2.05, 4.69) is 209 Å². The minimum absolute atomic E-state index is 0.135. The number of piperazine rings is 2. The van der Waals surface area contributed by atoms with E-state index in [0.717, 1.165) is 121 Å². The molecule has 110 heavy (non-hydrogen) atoms. The van der Waals surface area contributed by atoms with Gasteiger partial charge in [-0.1, -0.05) is 149 Å². The summed E-state index contributed by atoms with van der Waals surface area (Å²) in [6.07, 6.45) is 8.70. The van der Waals surface area contributed by atoms with E-state index in [4.69, 9.17) is 39.5 Å². The SMILES string of the molecule is C=CCN1C[C@H](C)N(C(c2cccc(OC)c2)c2ccnc3ccccc23)C[C@H]1C.COc1cccc(Br)c1.COc1cccc(C(Cl)c2ccnc3ccccc23)c1.COc1cccc(C(O)c2ccnc3ccccc23)c1.COc1cccc(C(c2ccnc3ccccc23)N2C[C@@H](C)NC[C@@H]2C)c1.O=S(Cl)Cl. The molecule has 15 nitrogen and oxygen atoms in total. The highest BCUT2D eigenvalue weighted by Gasteiger charge is 2.36. The van der Waals surface area contributed by atoms with Crippen LogP contribution in [0.15, 0.2) is 285 Å². The lowest BCUT2D eigenvalue weighted by Crippen LogP contribution is -2.57. The number of alkyl halides is 1. The molecule has 570 valence electrons. The molecule has 9 aromatic carbocycles. The van der Waals surface area contributed by atoms with Gasteiger partial charge in [0.15, 0.2) is 0 Å². The Hall–Kier alpha value is -9.34. The number of nitrogens with one attached hydrogen (secondary N) is 1. The van der Waals surface area contributed by atoms with Crippen molar-refractivity contribution in [2.45, 2.75) is 75.4 Å². The number of aliphatic hydroxyl groups excluding tert-OH is 1. The number of methoxy groups -OCH3 is 5. The van der Waals surface area contributed by atoms with Gasteiger partial charge in [0.1, 0.15) is 34.9 Å². The van der Waals surface area contributed by atoms with Crippen LogP contribution < -0.4 is 29.0 Å². The Morgan fingerprint density at radius 3 is 1.25 bits per heavy atom. The molecule has 0 radical (unpaired) electrons. The first-order chi connectivity index (χ1) is 53.4. The number of rotatable bonds is 17. The van der Waals surface area contributed by atoms with Crippen LogP contribution in [0.3, 0.4) is 0 Å². The van der Waals surface area contributed by atoms with Crippen molar-refractivity contribution in [2.24, 2.45) is 0 Å². The fraction of sp³-hybridized carbons (Fsp3) is 0.244. The van der Waals surface area contributed by atoms with E-state index in [-0.39, 0.29) is 17.5 Å². The molecule has 2 aliphatic heterocycles. The van der Waals surface area contributed by atoms with E-state index in [9.17, 15) is 5.11 Å². The summed E-state index contributed by atoms with van der Waals surface area (Å²) in [5.41, 5.74) is 12.8. The first-order valence-corrected chi connectivity index (χ1v) is 40.3. The first-order valence-electron chi connectivity index (χ1n) is 36.3. The van der Waals surface area contributed by atoms with Gasteiger partial charge in [-0.25, -0.2) is 4.21 Å². The number of aliphatic hydroxyl groups is 1. The third kappa shape index (κ3) is 22.0. The zero-order valence-electron chi connectivity index (χ0n) is 63.3. The molecule has 13 aromatic rings. The summed E-state index contributed by atoms with van der Waals surface area (Å²) in [4.78, 5) is 25.6. The molecule has 0 saturated carbocycles. The molecule has 20 heteroatoms. The normalized spacial score (nSPS) is 16.8. The molecule has 8 atom stereocenters. The van der Waals surface area contributed by atoms with Gasteiger partial charge in [0.25, 0.3) is 0 Å². The standard InChI is InChI=1S/C26H31N3O.C23H27N3O.C17H14ClNO.C17H15NO2.C7H7BrO.Cl2OS/c1-5-15-28-17-20(3)29(18-19(28)2)26(21-9-8-10-22(16-21)30-4)24-13-14-27-25-12-7-6-11-23(24)25;1-16-15-26(17(2)14-25-16)23(18-7-6-8-19(13-18)27-3)21-11-12-24-22-10-5-4-9-20(21)22;1-20-13-6-4-5-12(11-13)17(18)15-9-10-19-16-8-3-2-7-14(15)16;1-20-13-6-4-5-12(11-13)17(19)15-9-10-18-16-8-3-2-7-14(15)16;1-9-7-4-2-3-6(8)5-7;1-4(2)3/h5-14,16,19-20,26H,1,15,17-18H2,2-4H3;4-13,16-17,23,25H,14-15H2,1-3H3;2-11,17H,1H3;2-11,17,19H,1H3;2-5H,1H3;/t19-,20+,26?;16-,17+,23?;;;;/m11..../s1. The molecule has 0 bridgehead atoms. The van der Waals surface area contributed by atoms with Gasteiger partial charge in [-0.05, 0) is 187 Å². The summed E-state index contributed by atoms with van der Waals surface area (Å²) in [5, 5.41) is 18.5. The molecule has 0 amide bonds. The maximum atomic E-state index is 10.6. The van der Waals surface area contributed by atoms with Gasteiger partial charge >= 0.3 is 0 Å². The van der Waals surface area contributed by atoms with Gasteiger partial charge in [-0.2, -0.15) is 0 Å². The average molecular weight is 1620 g/mol. The average Bonchev–Trinajstić information content (AvgIpc) is 0.776. The molecule has 4 aromatic heterocycles. The van der Waals surface area contributed by atoms with Gasteiger partial charge in [-0.3, -0.25) is 34.6 Å². The molecule has 0 aliphatic carbocycles. The van der Waals surface area contributed by atoms with Crippen molar-refractivity contribution in [3.8, 4) is 28.7 Å². The van der Waals surface area contributed by atoms with Crippen LogP contribution in [-0.4, -0.2) is 136 Å². The second-order valence-electron chi connectivity index (χ2n) is 26.7. The number of aromatic nitrogens is 4. The van der Waals surface area contributed by atoms with Gasteiger partial charge in [0, 0.05) is 129 Å². The van der Waals surface area contributed by atoms with Crippen LogP contribution in [0.25, 0.3) is 43.6 Å². The van der Waals surface area contributed by atoms with E-state index in [1.807, 2.05) is 164 Å². The molecule has 15 rings (SSSR count). The van der Waals surface area contributed by atoms with E-state index < -0.39 is 15.3 Å². The predicted molar refractivity (Wildman–Crippen MR) is 456 cm³/mol. The topological polar surface area (TPSA) is 157 Å². The summed E-state index contributed by atoms with van der Waals surface area (Å²) in [7, 11) is 15.7. The van der Waals surface area contributed by atoms with Gasteiger partial charge in [-0.15, -0.1) is 18.2 Å². The number of hydrogen-bond acceptors (Lipinski definition) is 15. The zero-order valence-corrected chi connectivity index (χ0v) is 68.0. The Labute approximate surface area is 671 Å². The summed E-state index contributed by atoms with van der Waals surface area (Å²) < 4.78 is 36.6. The van der Waals surface area contributed by atoms with Crippen molar-refractivity contribution in [1.82, 2.24) is 40.0 Å². The Bertz CT molecular complexity index is 4990. The van der Waals surface area contributed by atoms with Crippen molar-refractivity contribution in [1.29, 1.82) is 0 Å². The third-order valence-electron chi connectivity index (χ3n) is 19.5. The van der Waals surface area contributed by atoms with Crippen LogP contribution in [0.5, 0.6) is 28.7 Å². The smallest absolute Gasteiger partial charge is 0.211 e. The lowest BCUT2D eigenvalue weighted by atomic mass is 9.91. The third-order valence-corrected chi connectivity index (χ3v) is 20.5. The second-order valence-corrected chi connectivity index (χ2v) is 30.6. The van der Waals surface area contributed by atoms with Crippen LogP contribution in [0.4, 0.5) is 0 Å². The number of nitrogens with zero attached hydrogens (tertiary/aromatic N) is 7. The predicted octanol–water partition coefficient (Wildman–Crippen LogP) is 20.3. The van der Waals surface area contributed by atoms with Gasteiger partial charge in [0.05, 0.1) is 75.1 Å². The van der Waals surface area contributed by atoms with Crippen LogP contribution in [0.1, 0.15) is 95.8 Å². The molecular weight excluding hydrogens is 1520 g/mol. The van der Waals surface area contributed by atoms with Crippen LogP contribution in [0.2, 0.25) is 0 Å². The number of halogens is 4. The minimum atomic E-state index is -1.67. The summed E-state index contributed by atoms with van der Waals surface area (Å²) in [6.45, 7) is 18.1. The first kappa shape index (κ1) is 83.1. The molecule has 4 unspecified atom stereocenters. The quantitative estimate of drug-likeness (QED) is 0.0504. The highest BCUT2D eigenvalue weighted by molar-refractivity contribution is 9.10. The molecule has 2 N–H and O–H groups in total. The summed E-state index contributed by atoms with van der Waals surface area (Å²) >= 11 is 9.98. The molecule has 2 saturated heterocycles. The maximum Gasteiger partial charge on any atom is 0.211 e. The Morgan fingerprint density at radius 1 is 0.464 bits per heavy atom. The molecule has 2 aliphatic rings. The number of benzene rings is 9.